The Morgan fingerprint density at radius 3 is 2.00 bits per heavy atom. The van der Waals surface area contributed by atoms with Gasteiger partial charge in [0.2, 0.25) is 0 Å². The van der Waals surface area contributed by atoms with Gasteiger partial charge in [-0.1, -0.05) is 6.07 Å². The minimum Gasteiger partial charge on any atom is -0.495 e. The highest BCUT2D eigenvalue weighted by atomic mass is 32.2. The molecule has 172 valence electrons. The summed E-state index contributed by atoms with van der Waals surface area (Å²) in [4.78, 5) is -0.265. The van der Waals surface area contributed by atoms with Crippen molar-refractivity contribution < 1.29 is 22.4 Å². The molecule has 0 aliphatic heterocycles. The Bertz CT molecular complexity index is 1350. The number of hydrogen-bond acceptors (Lipinski definition) is 9. The number of benzene rings is 3. The van der Waals surface area contributed by atoms with Gasteiger partial charge in [0.05, 0.1) is 41.9 Å². The first-order valence-electron chi connectivity index (χ1n) is 9.66. The smallest absolute Gasteiger partial charge is 0.294 e. The molecule has 0 bridgehead atoms. The van der Waals surface area contributed by atoms with Crippen LogP contribution in [0, 0.1) is 13.8 Å². The van der Waals surface area contributed by atoms with Gasteiger partial charge in [-0.3, -0.25) is 4.55 Å². The van der Waals surface area contributed by atoms with Gasteiger partial charge in [0.1, 0.15) is 17.2 Å². The number of ether oxygens (including phenoxy) is 2. The van der Waals surface area contributed by atoms with Crippen molar-refractivity contribution in [3.63, 3.8) is 0 Å². The summed E-state index contributed by atoms with van der Waals surface area (Å²) in [7, 11) is -1.31. The maximum absolute atomic E-state index is 11.3. The Kier molecular flexibility index (Phi) is 7.04. The maximum atomic E-state index is 11.3. The van der Waals surface area contributed by atoms with Gasteiger partial charge in [-0.2, -0.15) is 23.8 Å². The van der Waals surface area contributed by atoms with E-state index in [1.807, 2.05) is 13.8 Å². The van der Waals surface area contributed by atoms with E-state index in [9.17, 15) is 13.0 Å². The first-order chi connectivity index (χ1) is 15.6. The van der Waals surface area contributed by atoms with Crippen molar-refractivity contribution >= 4 is 38.6 Å². The lowest BCUT2D eigenvalue weighted by molar-refractivity contribution is 0.415. The predicted molar refractivity (Wildman–Crippen MR) is 124 cm³/mol. The number of anilines is 1. The largest absolute Gasteiger partial charge is 0.495 e. The molecule has 0 atom stereocenters. The minimum atomic E-state index is -4.33. The highest BCUT2D eigenvalue weighted by Crippen LogP contribution is 2.38. The molecule has 0 amide bonds. The predicted octanol–water partition coefficient (Wildman–Crippen LogP) is 5.98. The van der Waals surface area contributed by atoms with E-state index >= 15 is 0 Å². The molecule has 33 heavy (non-hydrogen) atoms. The highest BCUT2D eigenvalue weighted by Gasteiger charge is 2.11. The first-order valence-corrected chi connectivity index (χ1v) is 11.1. The third-order valence-corrected chi connectivity index (χ3v) is 5.55. The SMILES string of the molecule is COc1cc(N=Nc2cc(C)c(N=Nc3cccc(S(=O)(=O)O)c3)cc2OC)c(C)cc1N. The molecule has 3 aromatic carbocycles. The molecule has 0 spiro atoms. The summed E-state index contributed by atoms with van der Waals surface area (Å²) in [5.41, 5.74) is 9.85. The van der Waals surface area contributed by atoms with Crippen LogP contribution in [0.2, 0.25) is 0 Å². The first kappa shape index (κ1) is 23.8. The standard InChI is InChI=1S/C22H23N5O5S/c1-13-8-17(23)21(31-3)11-18(13)26-27-20-9-14(2)19(12-22(20)32-4)25-24-15-6-5-7-16(10-15)33(28,29)30/h5-12H,23H2,1-4H3,(H,28,29,30). The molecule has 0 saturated carbocycles. The fourth-order valence-corrected chi connectivity index (χ4v) is 3.44. The number of nitrogens with two attached hydrogens (primary N) is 1. The normalized spacial score (nSPS) is 11.9. The van der Waals surface area contributed by atoms with Crippen molar-refractivity contribution in [2.75, 3.05) is 20.0 Å². The van der Waals surface area contributed by atoms with E-state index in [-0.39, 0.29) is 10.6 Å². The van der Waals surface area contributed by atoms with Crippen LogP contribution < -0.4 is 15.2 Å². The lowest BCUT2D eigenvalue weighted by Crippen LogP contribution is -1.96. The van der Waals surface area contributed by atoms with Crippen LogP contribution in [0.25, 0.3) is 0 Å². The maximum Gasteiger partial charge on any atom is 0.294 e. The number of nitrogens with zero attached hydrogens (tertiary/aromatic N) is 4. The van der Waals surface area contributed by atoms with E-state index in [4.69, 9.17) is 15.2 Å². The third kappa shape index (κ3) is 5.70. The molecule has 0 saturated heterocycles. The summed E-state index contributed by atoms with van der Waals surface area (Å²) in [5, 5.41) is 16.9. The summed E-state index contributed by atoms with van der Waals surface area (Å²) in [5.74, 6) is 0.927. The molecule has 3 aromatic rings. The molecule has 0 radical (unpaired) electrons. The number of rotatable bonds is 7. The van der Waals surface area contributed by atoms with E-state index in [0.717, 1.165) is 11.1 Å². The quantitative estimate of drug-likeness (QED) is 0.247. The average Bonchev–Trinajstić information content (AvgIpc) is 2.77. The van der Waals surface area contributed by atoms with Gasteiger partial charge in [-0.25, -0.2) is 0 Å². The molecular weight excluding hydrogens is 446 g/mol. The summed E-state index contributed by atoms with van der Waals surface area (Å²) in [6.07, 6.45) is 0. The van der Waals surface area contributed by atoms with E-state index in [2.05, 4.69) is 20.5 Å². The number of aryl methyl sites for hydroxylation is 2. The lowest BCUT2D eigenvalue weighted by atomic mass is 10.1. The fourth-order valence-electron chi connectivity index (χ4n) is 2.92. The molecule has 0 aliphatic carbocycles. The fraction of sp³-hybridized carbons (Fsp3) is 0.182. The van der Waals surface area contributed by atoms with E-state index in [1.54, 1.807) is 30.3 Å². The van der Waals surface area contributed by atoms with Gasteiger partial charge in [0, 0.05) is 12.1 Å². The van der Waals surface area contributed by atoms with Gasteiger partial charge in [-0.05, 0) is 55.3 Å². The van der Waals surface area contributed by atoms with Gasteiger partial charge < -0.3 is 15.2 Å². The zero-order valence-corrected chi connectivity index (χ0v) is 19.3. The van der Waals surface area contributed by atoms with Crippen LogP contribution in [0.15, 0.2) is 73.9 Å². The molecular formula is C22H23N5O5S. The summed E-state index contributed by atoms with van der Waals surface area (Å²) < 4.78 is 42.5. The Balaban J connectivity index is 1.92. The third-order valence-electron chi connectivity index (χ3n) is 4.70. The van der Waals surface area contributed by atoms with Crippen molar-refractivity contribution in [3.05, 3.63) is 59.7 Å². The molecule has 0 aliphatic rings. The number of azo groups is 2. The molecule has 11 heteroatoms. The number of nitrogen functional groups attached to an aromatic ring is 1. The number of hydrogen-bond donors (Lipinski definition) is 2. The van der Waals surface area contributed by atoms with Crippen LogP contribution in [-0.4, -0.2) is 27.2 Å². The lowest BCUT2D eigenvalue weighted by Gasteiger charge is -2.09. The second-order valence-electron chi connectivity index (χ2n) is 7.06. The molecule has 0 unspecified atom stereocenters. The summed E-state index contributed by atoms with van der Waals surface area (Å²) in [6, 6.07) is 12.4. The van der Waals surface area contributed by atoms with Crippen LogP contribution >= 0.6 is 0 Å². The Hall–Kier alpha value is -3.83. The van der Waals surface area contributed by atoms with Crippen LogP contribution in [0.5, 0.6) is 11.5 Å². The minimum absolute atomic E-state index is 0.264. The Labute approximate surface area is 191 Å². The topological polar surface area (TPSA) is 148 Å². The summed E-state index contributed by atoms with van der Waals surface area (Å²) in [6.45, 7) is 3.69. The molecule has 0 aromatic heterocycles. The van der Waals surface area contributed by atoms with Crippen LogP contribution in [0.3, 0.4) is 0 Å². The average molecular weight is 470 g/mol. The zero-order valence-electron chi connectivity index (χ0n) is 18.5. The molecule has 3 rings (SSSR count). The molecule has 3 N–H and O–H groups in total. The zero-order chi connectivity index (χ0) is 24.2. The van der Waals surface area contributed by atoms with E-state index < -0.39 is 10.1 Å². The number of methoxy groups -OCH3 is 2. The summed E-state index contributed by atoms with van der Waals surface area (Å²) >= 11 is 0. The van der Waals surface area contributed by atoms with Crippen LogP contribution in [-0.2, 0) is 10.1 Å². The second kappa shape index (κ2) is 9.76. The van der Waals surface area contributed by atoms with Crippen LogP contribution in [0.1, 0.15) is 11.1 Å². The molecule has 0 heterocycles. The van der Waals surface area contributed by atoms with Crippen molar-refractivity contribution in [2.24, 2.45) is 20.5 Å². The van der Waals surface area contributed by atoms with Crippen molar-refractivity contribution in [2.45, 2.75) is 18.7 Å². The second-order valence-corrected chi connectivity index (χ2v) is 8.49. The van der Waals surface area contributed by atoms with E-state index in [0.29, 0.717) is 34.2 Å². The van der Waals surface area contributed by atoms with Gasteiger partial charge in [0.25, 0.3) is 10.1 Å². The monoisotopic (exact) mass is 469 g/mol. The van der Waals surface area contributed by atoms with Crippen molar-refractivity contribution in [1.29, 1.82) is 0 Å². The van der Waals surface area contributed by atoms with Crippen molar-refractivity contribution in [3.8, 4) is 11.5 Å². The molecule has 10 nitrogen and oxygen atoms in total. The van der Waals surface area contributed by atoms with Gasteiger partial charge in [0.15, 0.2) is 0 Å². The van der Waals surface area contributed by atoms with Gasteiger partial charge in [-0.15, -0.1) is 5.11 Å². The Morgan fingerprint density at radius 2 is 1.36 bits per heavy atom. The van der Waals surface area contributed by atoms with Crippen molar-refractivity contribution in [1.82, 2.24) is 0 Å². The van der Waals surface area contributed by atoms with Crippen LogP contribution in [0.4, 0.5) is 28.4 Å². The molecule has 0 fully saturated rings. The Morgan fingerprint density at radius 1 is 0.788 bits per heavy atom. The highest BCUT2D eigenvalue weighted by molar-refractivity contribution is 7.85. The van der Waals surface area contributed by atoms with E-state index in [1.165, 1.54) is 32.4 Å². The van der Waals surface area contributed by atoms with Gasteiger partial charge >= 0.3 is 0 Å².